The van der Waals surface area contributed by atoms with Gasteiger partial charge in [-0.05, 0) is 5.56 Å². The monoisotopic (exact) mass is 191 g/mol. The molecule has 1 aromatic rings. The van der Waals surface area contributed by atoms with Gasteiger partial charge in [0.25, 0.3) is 0 Å². The minimum Gasteiger partial charge on any atom is -0.484 e. The van der Waals surface area contributed by atoms with E-state index in [2.05, 4.69) is 4.99 Å². The molecule has 1 aromatic carbocycles. The molecule has 0 N–H and O–H groups in total. The van der Waals surface area contributed by atoms with Crippen LogP contribution in [0.3, 0.4) is 0 Å². The van der Waals surface area contributed by atoms with Crippen molar-refractivity contribution in [3.8, 4) is 0 Å². The highest BCUT2D eigenvalue weighted by Gasteiger charge is 2.01. The third-order valence-electron chi connectivity index (χ3n) is 1.72. The topological polar surface area (TPSA) is 38.7 Å². The first-order valence-corrected chi connectivity index (χ1v) is 4.38. The molecule has 0 bridgehead atoms. The van der Waals surface area contributed by atoms with Crippen LogP contribution < -0.4 is 0 Å². The predicted octanol–water partition coefficient (Wildman–Crippen LogP) is 1.82. The molecule has 0 heterocycles. The molecule has 0 unspecified atom stereocenters. The van der Waals surface area contributed by atoms with Crippen molar-refractivity contribution < 1.29 is 9.53 Å². The lowest BCUT2D eigenvalue weighted by Gasteiger charge is -2.03. The van der Waals surface area contributed by atoms with E-state index in [9.17, 15) is 4.79 Å². The molecular weight excluding hydrogens is 178 g/mol. The van der Waals surface area contributed by atoms with Gasteiger partial charge in [-0.1, -0.05) is 30.3 Å². The Labute approximate surface area is 83.4 Å². The largest absolute Gasteiger partial charge is 0.484 e. The van der Waals surface area contributed by atoms with Gasteiger partial charge < -0.3 is 4.74 Å². The highest BCUT2D eigenvalue weighted by atomic mass is 16.5. The number of amides is 1. The van der Waals surface area contributed by atoms with Crippen molar-refractivity contribution in [2.45, 2.75) is 13.3 Å². The second-order valence-corrected chi connectivity index (χ2v) is 2.89. The van der Waals surface area contributed by atoms with E-state index in [0.29, 0.717) is 12.3 Å². The zero-order valence-electron chi connectivity index (χ0n) is 8.36. The van der Waals surface area contributed by atoms with Crippen LogP contribution in [-0.2, 0) is 16.0 Å². The average molecular weight is 191 g/mol. The van der Waals surface area contributed by atoms with Crippen molar-refractivity contribution in [2.24, 2.45) is 4.99 Å². The van der Waals surface area contributed by atoms with E-state index in [1.807, 2.05) is 30.3 Å². The number of rotatable bonds is 2. The third-order valence-corrected chi connectivity index (χ3v) is 1.72. The first kappa shape index (κ1) is 10.4. The van der Waals surface area contributed by atoms with Crippen LogP contribution in [0.2, 0.25) is 0 Å². The van der Waals surface area contributed by atoms with Gasteiger partial charge in [-0.25, -0.2) is 0 Å². The molecule has 0 aromatic heterocycles. The molecule has 0 radical (unpaired) electrons. The lowest BCUT2D eigenvalue weighted by atomic mass is 10.1. The summed E-state index contributed by atoms with van der Waals surface area (Å²) in [6.45, 7) is 1.41. The summed E-state index contributed by atoms with van der Waals surface area (Å²) < 4.78 is 4.99. The van der Waals surface area contributed by atoms with Crippen LogP contribution in [0.1, 0.15) is 12.5 Å². The SMILES string of the molecule is COC(Cc1ccccc1)=NC(C)=O. The Kier molecular flexibility index (Phi) is 3.85. The van der Waals surface area contributed by atoms with Crippen molar-refractivity contribution in [2.75, 3.05) is 7.11 Å². The summed E-state index contributed by atoms with van der Waals surface area (Å²) in [5, 5.41) is 0. The van der Waals surface area contributed by atoms with Gasteiger partial charge in [-0.15, -0.1) is 0 Å². The average Bonchev–Trinajstić information content (AvgIpc) is 2.17. The van der Waals surface area contributed by atoms with Gasteiger partial charge in [-0.3, -0.25) is 4.79 Å². The smallest absolute Gasteiger partial charge is 0.245 e. The third kappa shape index (κ3) is 3.39. The molecule has 0 atom stereocenters. The van der Waals surface area contributed by atoms with Crippen LogP contribution in [-0.4, -0.2) is 18.9 Å². The summed E-state index contributed by atoms with van der Waals surface area (Å²) in [7, 11) is 1.52. The van der Waals surface area contributed by atoms with Crippen LogP contribution in [0.5, 0.6) is 0 Å². The van der Waals surface area contributed by atoms with E-state index in [-0.39, 0.29) is 5.91 Å². The molecule has 14 heavy (non-hydrogen) atoms. The fourth-order valence-corrected chi connectivity index (χ4v) is 1.10. The Hall–Kier alpha value is -1.64. The van der Waals surface area contributed by atoms with Crippen LogP contribution in [0.25, 0.3) is 0 Å². The maximum atomic E-state index is 10.7. The van der Waals surface area contributed by atoms with E-state index >= 15 is 0 Å². The van der Waals surface area contributed by atoms with Crippen molar-refractivity contribution in [3.63, 3.8) is 0 Å². The van der Waals surface area contributed by atoms with Crippen molar-refractivity contribution in [1.29, 1.82) is 0 Å². The minimum atomic E-state index is -0.238. The number of carbonyl (C=O) groups is 1. The first-order chi connectivity index (χ1) is 6.72. The van der Waals surface area contributed by atoms with Gasteiger partial charge in [0.1, 0.15) is 0 Å². The molecule has 0 aliphatic rings. The maximum Gasteiger partial charge on any atom is 0.245 e. The summed E-state index contributed by atoms with van der Waals surface area (Å²) >= 11 is 0. The molecule has 0 saturated carbocycles. The van der Waals surface area contributed by atoms with Crippen LogP contribution in [0, 0.1) is 0 Å². The summed E-state index contributed by atoms with van der Waals surface area (Å²) in [4.78, 5) is 14.5. The van der Waals surface area contributed by atoms with Gasteiger partial charge >= 0.3 is 0 Å². The number of nitrogens with zero attached hydrogens (tertiary/aromatic N) is 1. The Morgan fingerprint density at radius 3 is 2.50 bits per heavy atom. The Morgan fingerprint density at radius 2 is 2.00 bits per heavy atom. The van der Waals surface area contributed by atoms with Gasteiger partial charge in [0.2, 0.25) is 5.91 Å². The molecule has 0 fully saturated rings. The summed E-state index contributed by atoms with van der Waals surface area (Å²) in [6.07, 6.45) is 0.552. The summed E-state index contributed by atoms with van der Waals surface area (Å²) in [5.74, 6) is 0.210. The Balaban J connectivity index is 2.71. The normalized spacial score (nSPS) is 11.1. The summed E-state index contributed by atoms with van der Waals surface area (Å²) in [5.41, 5.74) is 1.08. The van der Waals surface area contributed by atoms with Crippen molar-refractivity contribution >= 4 is 11.8 Å². The zero-order chi connectivity index (χ0) is 10.4. The molecule has 0 aliphatic carbocycles. The fraction of sp³-hybridized carbons (Fsp3) is 0.273. The molecule has 3 heteroatoms. The molecular formula is C11H13NO2. The Bertz CT molecular complexity index is 330. The first-order valence-electron chi connectivity index (χ1n) is 4.38. The van der Waals surface area contributed by atoms with Crippen LogP contribution in [0.4, 0.5) is 0 Å². The van der Waals surface area contributed by atoms with Crippen LogP contribution >= 0.6 is 0 Å². The lowest BCUT2D eigenvalue weighted by Crippen LogP contribution is -2.07. The standard InChI is InChI=1S/C11H13NO2/c1-9(13)12-11(14-2)8-10-6-4-3-5-7-10/h3-7H,8H2,1-2H3. The van der Waals surface area contributed by atoms with E-state index < -0.39 is 0 Å². The van der Waals surface area contributed by atoms with Crippen molar-refractivity contribution in [3.05, 3.63) is 35.9 Å². The second-order valence-electron chi connectivity index (χ2n) is 2.89. The highest BCUT2D eigenvalue weighted by molar-refractivity contribution is 5.91. The number of methoxy groups -OCH3 is 1. The number of ether oxygens (including phenoxy) is 1. The van der Waals surface area contributed by atoms with E-state index in [1.54, 1.807) is 0 Å². The molecule has 0 spiro atoms. The Morgan fingerprint density at radius 1 is 1.36 bits per heavy atom. The molecule has 0 aliphatic heterocycles. The molecule has 1 rings (SSSR count). The fourth-order valence-electron chi connectivity index (χ4n) is 1.10. The van der Waals surface area contributed by atoms with Crippen LogP contribution in [0.15, 0.2) is 35.3 Å². The minimum absolute atomic E-state index is 0.238. The van der Waals surface area contributed by atoms with Gasteiger partial charge in [0, 0.05) is 13.3 Å². The van der Waals surface area contributed by atoms with Gasteiger partial charge in [0.05, 0.1) is 7.11 Å². The predicted molar refractivity (Wildman–Crippen MR) is 55.3 cm³/mol. The van der Waals surface area contributed by atoms with E-state index in [0.717, 1.165) is 5.56 Å². The maximum absolute atomic E-state index is 10.7. The number of aliphatic imine (C=N–C) groups is 1. The van der Waals surface area contributed by atoms with Gasteiger partial charge in [-0.2, -0.15) is 4.99 Å². The van der Waals surface area contributed by atoms with Gasteiger partial charge in [0.15, 0.2) is 5.90 Å². The highest BCUT2D eigenvalue weighted by Crippen LogP contribution is 2.01. The number of hydrogen-bond acceptors (Lipinski definition) is 2. The molecule has 74 valence electrons. The molecule has 1 amide bonds. The van der Waals surface area contributed by atoms with E-state index in [1.165, 1.54) is 14.0 Å². The zero-order valence-corrected chi connectivity index (χ0v) is 8.36. The van der Waals surface area contributed by atoms with Crippen molar-refractivity contribution in [1.82, 2.24) is 0 Å². The lowest BCUT2D eigenvalue weighted by molar-refractivity contribution is -0.115. The molecule has 3 nitrogen and oxygen atoms in total. The number of carbonyl (C=O) groups excluding carboxylic acids is 1. The number of benzene rings is 1. The summed E-state index contributed by atoms with van der Waals surface area (Å²) in [6, 6.07) is 9.76. The molecule has 0 saturated heterocycles. The second kappa shape index (κ2) is 5.17. The quantitative estimate of drug-likeness (QED) is 0.528. The number of hydrogen-bond donors (Lipinski definition) is 0. The van der Waals surface area contributed by atoms with E-state index in [4.69, 9.17) is 4.74 Å².